The Hall–Kier alpha value is -0.960. The maximum Gasteiger partial charge on any atom is 0.243 e. The Morgan fingerprint density at radius 2 is 1.77 bits per heavy atom. The number of rotatable bonds is 4. The molecule has 3 aliphatic rings. The Morgan fingerprint density at radius 1 is 1.04 bits per heavy atom. The lowest BCUT2D eigenvalue weighted by Gasteiger charge is -2.35. The lowest BCUT2D eigenvalue weighted by atomic mass is 10.1. The van der Waals surface area contributed by atoms with E-state index in [1.165, 1.54) is 11.1 Å². The van der Waals surface area contributed by atoms with E-state index in [2.05, 4.69) is 4.90 Å². The number of hydrogen-bond acceptors (Lipinski definition) is 5. The number of piperazine rings is 1. The Kier molecular flexibility index (Phi) is 4.88. The van der Waals surface area contributed by atoms with Gasteiger partial charge in [-0.3, -0.25) is 0 Å². The molecule has 2 aliphatic heterocycles. The fourth-order valence-electron chi connectivity index (χ4n) is 4.39. The SMILES string of the molecule is O=S1(=O)CCC(CN2CCN(S(=O)(=O)c3ccc4c(c3)CCC4)CC2)C1. The summed E-state index contributed by atoms with van der Waals surface area (Å²) in [5.41, 5.74) is 2.45. The van der Waals surface area contributed by atoms with E-state index in [0.29, 0.717) is 36.8 Å². The zero-order valence-electron chi connectivity index (χ0n) is 14.9. The second kappa shape index (κ2) is 6.89. The molecule has 6 nitrogen and oxygen atoms in total. The predicted octanol–water partition coefficient (Wildman–Crippen LogP) is 0.916. The molecule has 1 aliphatic carbocycles. The van der Waals surface area contributed by atoms with Gasteiger partial charge in [0.25, 0.3) is 0 Å². The molecule has 2 fully saturated rings. The molecule has 26 heavy (non-hydrogen) atoms. The average Bonchev–Trinajstić information content (AvgIpc) is 3.20. The minimum absolute atomic E-state index is 0.194. The van der Waals surface area contributed by atoms with Crippen molar-refractivity contribution >= 4 is 19.9 Å². The molecule has 0 radical (unpaired) electrons. The molecule has 4 rings (SSSR count). The maximum atomic E-state index is 13.0. The number of sulfone groups is 1. The van der Waals surface area contributed by atoms with Crippen LogP contribution in [-0.4, -0.2) is 70.3 Å². The number of sulfonamides is 1. The van der Waals surface area contributed by atoms with Crippen LogP contribution in [0.4, 0.5) is 0 Å². The van der Waals surface area contributed by atoms with Crippen LogP contribution < -0.4 is 0 Å². The first-order valence-electron chi connectivity index (χ1n) is 9.38. The van der Waals surface area contributed by atoms with E-state index in [-0.39, 0.29) is 11.7 Å². The number of fused-ring (bicyclic) bond motifs is 1. The van der Waals surface area contributed by atoms with Crippen molar-refractivity contribution in [2.45, 2.75) is 30.6 Å². The van der Waals surface area contributed by atoms with Crippen molar-refractivity contribution in [2.75, 3.05) is 44.2 Å². The summed E-state index contributed by atoms with van der Waals surface area (Å²) in [6, 6.07) is 5.56. The highest BCUT2D eigenvalue weighted by Gasteiger charge is 2.33. The van der Waals surface area contributed by atoms with Gasteiger partial charge >= 0.3 is 0 Å². The predicted molar refractivity (Wildman–Crippen MR) is 100 cm³/mol. The molecule has 1 aromatic rings. The summed E-state index contributed by atoms with van der Waals surface area (Å²) in [4.78, 5) is 2.62. The van der Waals surface area contributed by atoms with E-state index in [9.17, 15) is 16.8 Å². The van der Waals surface area contributed by atoms with Crippen LogP contribution in [0.3, 0.4) is 0 Å². The van der Waals surface area contributed by atoms with Gasteiger partial charge < -0.3 is 4.90 Å². The summed E-state index contributed by atoms with van der Waals surface area (Å²) in [6.07, 6.45) is 3.85. The third-order valence-corrected chi connectivity index (χ3v) is 9.61. The molecule has 144 valence electrons. The van der Waals surface area contributed by atoms with E-state index >= 15 is 0 Å². The van der Waals surface area contributed by atoms with E-state index in [1.54, 1.807) is 10.4 Å². The van der Waals surface area contributed by atoms with E-state index in [0.717, 1.165) is 32.2 Å². The molecule has 0 bridgehead atoms. The third-order valence-electron chi connectivity index (χ3n) is 5.88. The summed E-state index contributed by atoms with van der Waals surface area (Å²) in [5.74, 6) is 0.769. The molecule has 2 heterocycles. The number of benzene rings is 1. The van der Waals surface area contributed by atoms with E-state index < -0.39 is 19.9 Å². The van der Waals surface area contributed by atoms with Crippen LogP contribution in [0.2, 0.25) is 0 Å². The largest absolute Gasteiger partial charge is 0.300 e. The molecule has 8 heteroatoms. The summed E-state index contributed by atoms with van der Waals surface area (Å²) < 4.78 is 50.7. The normalized spacial score (nSPS) is 26.8. The zero-order valence-corrected chi connectivity index (χ0v) is 16.6. The maximum absolute atomic E-state index is 13.0. The first kappa shape index (κ1) is 18.4. The molecule has 0 aromatic heterocycles. The minimum atomic E-state index is -3.44. The smallest absolute Gasteiger partial charge is 0.243 e. The molecule has 0 amide bonds. The van der Waals surface area contributed by atoms with Gasteiger partial charge in [0.15, 0.2) is 9.84 Å². The van der Waals surface area contributed by atoms with Gasteiger partial charge in [0.1, 0.15) is 0 Å². The van der Waals surface area contributed by atoms with Crippen molar-refractivity contribution < 1.29 is 16.8 Å². The van der Waals surface area contributed by atoms with Gasteiger partial charge in [-0.2, -0.15) is 4.31 Å². The molecule has 1 unspecified atom stereocenters. The van der Waals surface area contributed by atoms with Crippen molar-refractivity contribution in [3.8, 4) is 0 Å². The lowest BCUT2D eigenvalue weighted by Crippen LogP contribution is -2.49. The summed E-state index contributed by atoms with van der Waals surface area (Å²) in [6.45, 7) is 3.03. The Labute approximate surface area is 156 Å². The third kappa shape index (κ3) is 3.69. The quantitative estimate of drug-likeness (QED) is 0.754. The fraction of sp³-hybridized carbons (Fsp3) is 0.667. The van der Waals surface area contributed by atoms with Gasteiger partial charge in [0.2, 0.25) is 10.0 Å². The van der Waals surface area contributed by atoms with Crippen LogP contribution in [0.1, 0.15) is 24.0 Å². The van der Waals surface area contributed by atoms with Gasteiger partial charge in [0.05, 0.1) is 16.4 Å². The van der Waals surface area contributed by atoms with Crippen molar-refractivity contribution in [1.82, 2.24) is 9.21 Å². The molecule has 0 N–H and O–H groups in total. The molecule has 1 atom stereocenters. The summed E-state index contributed by atoms with van der Waals surface area (Å²) >= 11 is 0. The van der Waals surface area contributed by atoms with Gasteiger partial charge in [0, 0.05) is 32.7 Å². The molecular formula is C18H26N2O4S2. The van der Waals surface area contributed by atoms with Gasteiger partial charge in [-0.25, -0.2) is 16.8 Å². The Bertz CT molecular complexity index is 888. The van der Waals surface area contributed by atoms with Crippen LogP contribution in [0, 0.1) is 5.92 Å². The first-order valence-corrected chi connectivity index (χ1v) is 12.6. The summed E-state index contributed by atoms with van der Waals surface area (Å²) in [5, 5.41) is 0. The van der Waals surface area contributed by atoms with Crippen LogP contribution in [0.15, 0.2) is 23.1 Å². The minimum Gasteiger partial charge on any atom is -0.300 e. The summed E-state index contributed by atoms with van der Waals surface area (Å²) in [7, 11) is -6.30. The Balaban J connectivity index is 1.38. The van der Waals surface area contributed by atoms with Crippen molar-refractivity contribution in [1.29, 1.82) is 0 Å². The fourth-order valence-corrected chi connectivity index (χ4v) is 7.71. The molecule has 0 saturated carbocycles. The highest BCUT2D eigenvalue weighted by molar-refractivity contribution is 7.91. The lowest BCUT2D eigenvalue weighted by molar-refractivity contribution is 0.169. The molecule has 1 aromatic carbocycles. The number of aryl methyl sites for hydroxylation is 2. The first-order chi connectivity index (χ1) is 12.3. The van der Waals surface area contributed by atoms with Gasteiger partial charge in [-0.05, 0) is 54.9 Å². The standard InChI is InChI=1S/C18H26N2O4S2/c21-25(22)11-6-15(14-25)13-19-7-9-20(10-8-19)26(23,24)18-5-4-16-2-1-3-17(16)12-18/h4-5,12,15H,1-3,6-11,13-14H2. The highest BCUT2D eigenvalue weighted by Crippen LogP contribution is 2.27. The molecule has 0 spiro atoms. The number of nitrogens with zero attached hydrogens (tertiary/aromatic N) is 2. The van der Waals surface area contributed by atoms with Gasteiger partial charge in [-0.1, -0.05) is 6.07 Å². The second-order valence-electron chi connectivity index (χ2n) is 7.76. The zero-order chi connectivity index (χ0) is 18.4. The second-order valence-corrected chi connectivity index (χ2v) is 11.9. The topological polar surface area (TPSA) is 74.8 Å². The van der Waals surface area contributed by atoms with Crippen molar-refractivity contribution in [2.24, 2.45) is 5.92 Å². The highest BCUT2D eigenvalue weighted by atomic mass is 32.2. The van der Waals surface area contributed by atoms with E-state index in [4.69, 9.17) is 0 Å². The van der Waals surface area contributed by atoms with Crippen LogP contribution in [-0.2, 0) is 32.7 Å². The van der Waals surface area contributed by atoms with Gasteiger partial charge in [-0.15, -0.1) is 0 Å². The van der Waals surface area contributed by atoms with Crippen LogP contribution in [0.5, 0.6) is 0 Å². The van der Waals surface area contributed by atoms with E-state index in [1.807, 2.05) is 12.1 Å². The number of hydrogen-bond donors (Lipinski definition) is 0. The Morgan fingerprint density at radius 3 is 2.46 bits per heavy atom. The monoisotopic (exact) mass is 398 g/mol. The van der Waals surface area contributed by atoms with Crippen LogP contribution in [0.25, 0.3) is 0 Å². The van der Waals surface area contributed by atoms with Crippen molar-refractivity contribution in [3.05, 3.63) is 29.3 Å². The van der Waals surface area contributed by atoms with Crippen LogP contribution >= 0.6 is 0 Å². The molecule has 2 saturated heterocycles. The average molecular weight is 399 g/mol. The van der Waals surface area contributed by atoms with Crippen molar-refractivity contribution in [3.63, 3.8) is 0 Å². The molecular weight excluding hydrogens is 372 g/mol.